The zero-order valence-corrected chi connectivity index (χ0v) is 11.1. The van der Waals surface area contributed by atoms with Gasteiger partial charge in [0.1, 0.15) is 0 Å². The van der Waals surface area contributed by atoms with Crippen LogP contribution >= 0.6 is 0 Å². The summed E-state index contributed by atoms with van der Waals surface area (Å²) in [5.74, 6) is 0.298. The second kappa shape index (κ2) is 6.91. The van der Waals surface area contributed by atoms with Crippen LogP contribution in [0.25, 0.3) is 0 Å². The highest BCUT2D eigenvalue weighted by Gasteiger charge is 2.18. The molecule has 1 aliphatic heterocycles. The monoisotopic (exact) mass is 257 g/mol. The van der Waals surface area contributed by atoms with Gasteiger partial charge in [-0.25, -0.2) is 0 Å². The number of nitrogens with zero attached hydrogens (tertiary/aromatic N) is 2. The third-order valence-corrected chi connectivity index (χ3v) is 3.37. The number of nitriles is 1. The van der Waals surface area contributed by atoms with Gasteiger partial charge in [0.2, 0.25) is 5.91 Å². The normalized spacial score (nSPS) is 14.7. The zero-order valence-electron chi connectivity index (χ0n) is 11.1. The summed E-state index contributed by atoms with van der Waals surface area (Å²) in [6.07, 6.45) is 2.72. The van der Waals surface area contributed by atoms with Crippen LogP contribution in [0.5, 0.6) is 0 Å². The van der Waals surface area contributed by atoms with Gasteiger partial charge in [0.05, 0.1) is 11.6 Å². The molecule has 0 unspecified atom stereocenters. The van der Waals surface area contributed by atoms with Crippen molar-refractivity contribution < 1.29 is 4.79 Å². The maximum absolute atomic E-state index is 11.4. The number of benzene rings is 1. The Balaban J connectivity index is 1.61. The predicted octanol–water partition coefficient (Wildman–Crippen LogP) is 1.66. The maximum atomic E-state index is 11.4. The summed E-state index contributed by atoms with van der Waals surface area (Å²) in [7, 11) is 0. The molecule has 1 saturated heterocycles. The van der Waals surface area contributed by atoms with E-state index in [1.54, 1.807) is 0 Å². The molecule has 0 radical (unpaired) electrons. The molecule has 100 valence electrons. The number of carbonyl (C=O) groups is 1. The SMILES string of the molecule is N#Cc1ccc(CNCCCN2CCCC2=O)cc1. The summed E-state index contributed by atoms with van der Waals surface area (Å²) >= 11 is 0. The van der Waals surface area contributed by atoms with E-state index in [4.69, 9.17) is 5.26 Å². The average Bonchev–Trinajstić information content (AvgIpc) is 2.85. The molecule has 1 amide bonds. The highest BCUT2D eigenvalue weighted by atomic mass is 16.2. The minimum absolute atomic E-state index is 0.298. The first-order valence-electron chi connectivity index (χ1n) is 6.77. The molecule has 0 aliphatic carbocycles. The Kier molecular flexibility index (Phi) is 4.93. The lowest BCUT2D eigenvalue weighted by Gasteiger charge is -2.15. The Morgan fingerprint density at radius 1 is 1.32 bits per heavy atom. The van der Waals surface area contributed by atoms with Crippen LogP contribution in [0.2, 0.25) is 0 Å². The topological polar surface area (TPSA) is 56.1 Å². The summed E-state index contributed by atoms with van der Waals surface area (Å²) in [4.78, 5) is 13.3. The molecule has 0 atom stereocenters. The first-order valence-corrected chi connectivity index (χ1v) is 6.77. The van der Waals surface area contributed by atoms with E-state index in [1.807, 2.05) is 29.2 Å². The standard InChI is InChI=1S/C15H19N3O/c16-11-13-4-6-14(7-5-13)12-17-8-2-10-18-9-1-3-15(18)19/h4-7,17H,1-3,8-10,12H2. The van der Waals surface area contributed by atoms with E-state index in [2.05, 4.69) is 11.4 Å². The van der Waals surface area contributed by atoms with Gasteiger partial charge in [-0.15, -0.1) is 0 Å². The van der Waals surface area contributed by atoms with Gasteiger partial charge in [0.25, 0.3) is 0 Å². The van der Waals surface area contributed by atoms with Crippen molar-refractivity contribution in [3.63, 3.8) is 0 Å². The molecule has 4 nitrogen and oxygen atoms in total. The van der Waals surface area contributed by atoms with Gasteiger partial charge in [0, 0.05) is 26.1 Å². The quantitative estimate of drug-likeness (QED) is 0.789. The lowest BCUT2D eigenvalue weighted by atomic mass is 10.1. The van der Waals surface area contributed by atoms with E-state index in [0.29, 0.717) is 11.5 Å². The highest BCUT2D eigenvalue weighted by molar-refractivity contribution is 5.77. The van der Waals surface area contributed by atoms with E-state index in [0.717, 1.165) is 45.4 Å². The highest BCUT2D eigenvalue weighted by Crippen LogP contribution is 2.09. The minimum atomic E-state index is 0.298. The molecule has 1 heterocycles. The van der Waals surface area contributed by atoms with Gasteiger partial charge < -0.3 is 10.2 Å². The molecular weight excluding hydrogens is 238 g/mol. The molecule has 1 aromatic carbocycles. The van der Waals surface area contributed by atoms with Crippen molar-refractivity contribution in [2.24, 2.45) is 0 Å². The number of carbonyl (C=O) groups excluding carboxylic acids is 1. The van der Waals surface area contributed by atoms with Crippen LogP contribution in [-0.2, 0) is 11.3 Å². The fourth-order valence-electron chi connectivity index (χ4n) is 2.27. The minimum Gasteiger partial charge on any atom is -0.343 e. The van der Waals surface area contributed by atoms with Crippen LogP contribution in [0.15, 0.2) is 24.3 Å². The molecule has 0 aromatic heterocycles. The second-order valence-corrected chi connectivity index (χ2v) is 4.82. The Labute approximate surface area is 114 Å². The maximum Gasteiger partial charge on any atom is 0.222 e. The molecule has 1 fully saturated rings. The van der Waals surface area contributed by atoms with Crippen LogP contribution in [0, 0.1) is 11.3 Å². The molecule has 0 bridgehead atoms. The summed E-state index contributed by atoms with van der Waals surface area (Å²) in [6, 6.07) is 9.71. The number of hydrogen-bond donors (Lipinski definition) is 1. The van der Waals surface area contributed by atoms with Crippen molar-refractivity contribution in [3.05, 3.63) is 35.4 Å². The Morgan fingerprint density at radius 3 is 2.74 bits per heavy atom. The molecule has 0 spiro atoms. The molecule has 19 heavy (non-hydrogen) atoms. The Hall–Kier alpha value is -1.86. The molecule has 1 aliphatic rings. The van der Waals surface area contributed by atoms with Crippen molar-refractivity contribution in [1.82, 2.24) is 10.2 Å². The predicted molar refractivity (Wildman–Crippen MR) is 73.3 cm³/mol. The van der Waals surface area contributed by atoms with Crippen molar-refractivity contribution in [1.29, 1.82) is 5.26 Å². The van der Waals surface area contributed by atoms with Crippen molar-refractivity contribution in [2.75, 3.05) is 19.6 Å². The number of rotatable bonds is 6. The molecule has 1 N–H and O–H groups in total. The van der Waals surface area contributed by atoms with E-state index in [1.165, 1.54) is 5.56 Å². The number of amides is 1. The zero-order chi connectivity index (χ0) is 13.5. The number of nitrogens with one attached hydrogen (secondary N) is 1. The van der Waals surface area contributed by atoms with Crippen LogP contribution in [0.1, 0.15) is 30.4 Å². The lowest BCUT2D eigenvalue weighted by molar-refractivity contribution is -0.127. The number of hydrogen-bond acceptors (Lipinski definition) is 3. The smallest absolute Gasteiger partial charge is 0.222 e. The first-order chi connectivity index (χ1) is 9.29. The first kappa shape index (κ1) is 13.6. The Morgan fingerprint density at radius 2 is 2.11 bits per heavy atom. The summed E-state index contributed by atoms with van der Waals surface area (Å²) in [6.45, 7) is 3.50. The molecule has 4 heteroatoms. The second-order valence-electron chi connectivity index (χ2n) is 4.82. The van der Waals surface area contributed by atoms with E-state index in [9.17, 15) is 4.79 Å². The Bertz CT molecular complexity index is 461. The van der Waals surface area contributed by atoms with Gasteiger partial charge >= 0.3 is 0 Å². The summed E-state index contributed by atoms with van der Waals surface area (Å²) in [5.41, 5.74) is 1.87. The molecule has 1 aromatic rings. The van der Waals surface area contributed by atoms with E-state index in [-0.39, 0.29) is 0 Å². The van der Waals surface area contributed by atoms with Gasteiger partial charge in [-0.3, -0.25) is 4.79 Å². The van der Waals surface area contributed by atoms with Crippen LogP contribution in [0.4, 0.5) is 0 Å². The number of likely N-dealkylation sites (tertiary alicyclic amines) is 1. The molecule has 2 rings (SSSR count). The lowest BCUT2D eigenvalue weighted by Crippen LogP contribution is -2.28. The largest absolute Gasteiger partial charge is 0.343 e. The fraction of sp³-hybridized carbons (Fsp3) is 0.467. The summed E-state index contributed by atoms with van der Waals surface area (Å²) in [5, 5.41) is 12.1. The summed E-state index contributed by atoms with van der Waals surface area (Å²) < 4.78 is 0. The van der Waals surface area contributed by atoms with Crippen LogP contribution in [-0.4, -0.2) is 30.4 Å². The van der Waals surface area contributed by atoms with Crippen molar-refractivity contribution in [2.45, 2.75) is 25.8 Å². The van der Waals surface area contributed by atoms with Gasteiger partial charge in [0.15, 0.2) is 0 Å². The third-order valence-electron chi connectivity index (χ3n) is 3.37. The van der Waals surface area contributed by atoms with Crippen LogP contribution < -0.4 is 5.32 Å². The fourth-order valence-corrected chi connectivity index (χ4v) is 2.27. The van der Waals surface area contributed by atoms with Gasteiger partial charge in [-0.2, -0.15) is 5.26 Å². The van der Waals surface area contributed by atoms with Gasteiger partial charge in [-0.1, -0.05) is 12.1 Å². The molecule has 0 saturated carbocycles. The molecular formula is C15H19N3O. The van der Waals surface area contributed by atoms with E-state index >= 15 is 0 Å². The average molecular weight is 257 g/mol. The van der Waals surface area contributed by atoms with Crippen LogP contribution in [0.3, 0.4) is 0 Å². The van der Waals surface area contributed by atoms with Crippen molar-refractivity contribution >= 4 is 5.91 Å². The third kappa shape index (κ3) is 4.08. The van der Waals surface area contributed by atoms with Gasteiger partial charge in [-0.05, 0) is 37.1 Å². The van der Waals surface area contributed by atoms with E-state index < -0.39 is 0 Å². The van der Waals surface area contributed by atoms with Crippen molar-refractivity contribution in [3.8, 4) is 6.07 Å².